The summed E-state index contributed by atoms with van der Waals surface area (Å²) in [5, 5.41) is 3.19. The number of hydrogen-bond donors (Lipinski definition) is 1. The highest BCUT2D eigenvalue weighted by atomic mass is 16.5. The maximum Gasteiger partial charge on any atom is 0.0699 e. The molecule has 0 saturated carbocycles. The fourth-order valence-electron chi connectivity index (χ4n) is 2.15. The van der Waals surface area contributed by atoms with Crippen LogP contribution in [0.4, 0.5) is 0 Å². The Kier molecular flexibility index (Phi) is 6.98. The molecule has 1 rings (SSSR count). The topological polar surface area (TPSA) is 24.5 Å². The van der Waals surface area contributed by atoms with Crippen LogP contribution < -0.4 is 5.32 Å². The standard InChI is InChI=1S/C12H26N2O/c1-3-6-12(11-13-2)15-10-9-14-7-4-5-8-14/h12-13H,3-11H2,1-2H3. The first-order valence-corrected chi connectivity index (χ1v) is 6.35. The van der Waals surface area contributed by atoms with Gasteiger partial charge < -0.3 is 15.0 Å². The highest BCUT2D eigenvalue weighted by Gasteiger charge is 2.12. The average Bonchev–Trinajstić information content (AvgIpc) is 2.71. The van der Waals surface area contributed by atoms with E-state index in [-0.39, 0.29) is 0 Å². The van der Waals surface area contributed by atoms with Crippen LogP contribution in [0.5, 0.6) is 0 Å². The lowest BCUT2D eigenvalue weighted by molar-refractivity contribution is 0.0366. The molecule has 15 heavy (non-hydrogen) atoms. The molecule has 1 heterocycles. The van der Waals surface area contributed by atoms with Gasteiger partial charge in [0.1, 0.15) is 0 Å². The van der Waals surface area contributed by atoms with Gasteiger partial charge in [-0.25, -0.2) is 0 Å². The molecule has 0 aromatic heterocycles. The van der Waals surface area contributed by atoms with Crippen LogP contribution in [-0.4, -0.2) is 50.8 Å². The number of hydrogen-bond acceptors (Lipinski definition) is 3. The van der Waals surface area contributed by atoms with Crippen molar-refractivity contribution < 1.29 is 4.74 Å². The molecule has 0 aromatic carbocycles. The molecule has 1 aliphatic rings. The van der Waals surface area contributed by atoms with E-state index in [0.29, 0.717) is 6.10 Å². The second-order valence-electron chi connectivity index (χ2n) is 4.39. The minimum absolute atomic E-state index is 0.405. The average molecular weight is 214 g/mol. The van der Waals surface area contributed by atoms with E-state index in [9.17, 15) is 0 Å². The maximum absolute atomic E-state index is 5.88. The molecule has 1 aliphatic heterocycles. The zero-order valence-corrected chi connectivity index (χ0v) is 10.3. The van der Waals surface area contributed by atoms with E-state index in [4.69, 9.17) is 4.74 Å². The smallest absolute Gasteiger partial charge is 0.0699 e. The number of ether oxygens (including phenoxy) is 1. The van der Waals surface area contributed by atoms with E-state index in [2.05, 4.69) is 17.1 Å². The monoisotopic (exact) mass is 214 g/mol. The van der Waals surface area contributed by atoms with Crippen molar-refractivity contribution in [3.8, 4) is 0 Å². The summed E-state index contributed by atoms with van der Waals surface area (Å²) in [5.41, 5.74) is 0. The highest BCUT2D eigenvalue weighted by Crippen LogP contribution is 2.07. The van der Waals surface area contributed by atoms with Gasteiger partial charge in [0.05, 0.1) is 12.7 Å². The largest absolute Gasteiger partial charge is 0.376 e. The molecule has 1 unspecified atom stereocenters. The van der Waals surface area contributed by atoms with Gasteiger partial charge in [0.2, 0.25) is 0 Å². The number of nitrogens with one attached hydrogen (secondary N) is 1. The van der Waals surface area contributed by atoms with Gasteiger partial charge in [0.15, 0.2) is 0 Å². The van der Waals surface area contributed by atoms with Crippen molar-refractivity contribution in [2.45, 2.75) is 38.7 Å². The second-order valence-corrected chi connectivity index (χ2v) is 4.39. The Morgan fingerprint density at radius 1 is 1.33 bits per heavy atom. The highest BCUT2D eigenvalue weighted by molar-refractivity contribution is 4.66. The maximum atomic E-state index is 5.88. The Balaban J connectivity index is 2.04. The molecule has 0 bridgehead atoms. The summed E-state index contributed by atoms with van der Waals surface area (Å²) in [6, 6.07) is 0. The minimum Gasteiger partial charge on any atom is -0.376 e. The lowest BCUT2D eigenvalue weighted by Gasteiger charge is -2.19. The van der Waals surface area contributed by atoms with Gasteiger partial charge in [-0.1, -0.05) is 13.3 Å². The normalized spacial score (nSPS) is 19.6. The van der Waals surface area contributed by atoms with Gasteiger partial charge in [-0.2, -0.15) is 0 Å². The third-order valence-corrected chi connectivity index (χ3v) is 3.00. The Hall–Kier alpha value is -0.120. The summed E-state index contributed by atoms with van der Waals surface area (Å²) < 4.78 is 5.88. The van der Waals surface area contributed by atoms with Crippen molar-refractivity contribution in [3.63, 3.8) is 0 Å². The Morgan fingerprint density at radius 2 is 2.07 bits per heavy atom. The molecule has 1 N–H and O–H groups in total. The lowest BCUT2D eigenvalue weighted by atomic mass is 10.2. The summed E-state index contributed by atoms with van der Waals surface area (Å²) in [7, 11) is 1.99. The molecule has 0 radical (unpaired) electrons. The molecule has 0 aromatic rings. The summed E-state index contributed by atoms with van der Waals surface area (Å²) in [5.74, 6) is 0. The van der Waals surface area contributed by atoms with Crippen LogP contribution in [0.25, 0.3) is 0 Å². The lowest BCUT2D eigenvalue weighted by Crippen LogP contribution is -2.31. The number of likely N-dealkylation sites (N-methyl/N-ethyl adjacent to an activating group) is 1. The molecule has 0 amide bonds. The first-order chi connectivity index (χ1) is 7.36. The zero-order valence-electron chi connectivity index (χ0n) is 10.3. The first kappa shape index (κ1) is 12.9. The van der Waals surface area contributed by atoms with E-state index in [1.165, 1.54) is 38.8 Å². The number of nitrogens with zero attached hydrogens (tertiary/aromatic N) is 1. The minimum atomic E-state index is 0.405. The van der Waals surface area contributed by atoms with Gasteiger partial charge in [0, 0.05) is 13.1 Å². The molecule has 0 spiro atoms. The number of rotatable bonds is 8. The Morgan fingerprint density at radius 3 is 2.67 bits per heavy atom. The summed E-state index contributed by atoms with van der Waals surface area (Å²) in [6.07, 6.45) is 5.52. The van der Waals surface area contributed by atoms with Crippen molar-refractivity contribution in [1.29, 1.82) is 0 Å². The van der Waals surface area contributed by atoms with Gasteiger partial charge in [-0.3, -0.25) is 0 Å². The van der Waals surface area contributed by atoms with Crippen molar-refractivity contribution in [2.24, 2.45) is 0 Å². The molecule has 0 aliphatic carbocycles. The van der Waals surface area contributed by atoms with Crippen LogP contribution in [-0.2, 0) is 4.74 Å². The molecular formula is C12H26N2O. The Labute approximate surface area is 94.2 Å². The number of likely N-dealkylation sites (tertiary alicyclic amines) is 1. The van der Waals surface area contributed by atoms with E-state index in [1.54, 1.807) is 0 Å². The SMILES string of the molecule is CCCC(CNC)OCCN1CCCC1. The van der Waals surface area contributed by atoms with E-state index >= 15 is 0 Å². The first-order valence-electron chi connectivity index (χ1n) is 6.35. The molecule has 90 valence electrons. The Bertz CT molecular complexity index is 141. The summed E-state index contributed by atoms with van der Waals surface area (Å²) in [6.45, 7) is 7.75. The van der Waals surface area contributed by atoms with Crippen LogP contribution in [0.15, 0.2) is 0 Å². The van der Waals surface area contributed by atoms with Crippen LogP contribution in [0, 0.1) is 0 Å². The fourth-order valence-corrected chi connectivity index (χ4v) is 2.15. The predicted molar refractivity (Wildman–Crippen MR) is 64.2 cm³/mol. The molecule has 1 saturated heterocycles. The third kappa shape index (κ3) is 5.50. The molecular weight excluding hydrogens is 188 g/mol. The summed E-state index contributed by atoms with van der Waals surface area (Å²) in [4.78, 5) is 2.50. The van der Waals surface area contributed by atoms with Crippen molar-refractivity contribution >= 4 is 0 Å². The van der Waals surface area contributed by atoms with Gasteiger partial charge in [-0.05, 0) is 39.4 Å². The fraction of sp³-hybridized carbons (Fsp3) is 1.00. The van der Waals surface area contributed by atoms with Crippen molar-refractivity contribution in [1.82, 2.24) is 10.2 Å². The predicted octanol–water partition coefficient (Wildman–Crippen LogP) is 1.49. The second kappa shape index (κ2) is 8.08. The third-order valence-electron chi connectivity index (χ3n) is 3.00. The summed E-state index contributed by atoms with van der Waals surface area (Å²) >= 11 is 0. The quantitative estimate of drug-likeness (QED) is 0.662. The molecule has 3 nitrogen and oxygen atoms in total. The van der Waals surface area contributed by atoms with Crippen LogP contribution in [0.1, 0.15) is 32.6 Å². The van der Waals surface area contributed by atoms with Crippen LogP contribution in [0.2, 0.25) is 0 Å². The van der Waals surface area contributed by atoms with Gasteiger partial charge in [-0.15, -0.1) is 0 Å². The zero-order chi connectivity index (χ0) is 10.9. The van der Waals surface area contributed by atoms with Gasteiger partial charge >= 0.3 is 0 Å². The molecule has 1 fully saturated rings. The molecule has 3 heteroatoms. The van der Waals surface area contributed by atoms with E-state index in [1.807, 2.05) is 7.05 Å². The van der Waals surface area contributed by atoms with Crippen LogP contribution in [0.3, 0.4) is 0 Å². The van der Waals surface area contributed by atoms with Crippen molar-refractivity contribution in [2.75, 3.05) is 39.8 Å². The molecule has 1 atom stereocenters. The van der Waals surface area contributed by atoms with Crippen molar-refractivity contribution in [3.05, 3.63) is 0 Å². The van der Waals surface area contributed by atoms with E-state index < -0.39 is 0 Å². The van der Waals surface area contributed by atoms with E-state index in [0.717, 1.165) is 19.7 Å². The van der Waals surface area contributed by atoms with Crippen LogP contribution >= 0.6 is 0 Å². The van der Waals surface area contributed by atoms with Gasteiger partial charge in [0.25, 0.3) is 0 Å².